The van der Waals surface area contributed by atoms with Gasteiger partial charge in [0.1, 0.15) is 5.75 Å². The molecule has 3 aliphatic heterocycles. The van der Waals surface area contributed by atoms with Crippen LogP contribution in [0.2, 0.25) is 0 Å². The summed E-state index contributed by atoms with van der Waals surface area (Å²) in [6.45, 7) is 7.76. The minimum Gasteiger partial charge on any atom is -0.493 e. The van der Waals surface area contributed by atoms with Gasteiger partial charge in [0.2, 0.25) is 0 Å². The molecule has 3 heterocycles. The van der Waals surface area contributed by atoms with E-state index in [4.69, 9.17) is 4.74 Å². The van der Waals surface area contributed by atoms with Crippen molar-refractivity contribution in [3.63, 3.8) is 0 Å². The van der Waals surface area contributed by atoms with Crippen LogP contribution in [0.15, 0.2) is 24.3 Å². The van der Waals surface area contributed by atoms with Crippen LogP contribution in [-0.4, -0.2) is 18.1 Å². The highest BCUT2D eigenvalue weighted by atomic mass is 16.5. The van der Waals surface area contributed by atoms with Crippen molar-refractivity contribution in [2.45, 2.75) is 58.5 Å². The van der Waals surface area contributed by atoms with Crippen molar-refractivity contribution in [1.29, 1.82) is 0 Å². The van der Waals surface area contributed by atoms with E-state index < -0.39 is 0 Å². The summed E-state index contributed by atoms with van der Waals surface area (Å²) < 4.78 is 5.86. The molecule has 2 nitrogen and oxygen atoms in total. The maximum atomic E-state index is 5.86. The molecular weight excluding hydrogens is 306 g/mol. The number of hydrogen-bond donors (Lipinski definition) is 0. The minimum atomic E-state index is 0.530. The summed E-state index contributed by atoms with van der Waals surface area (Å²) in [5.41, 5.74) is 10.9. The molecule has 0 amide bonds. The predicted octanol–water partition coefficient (Wildman–Crippen LogP) is 4.40. The van der Waals surface area contributed by atoms with Crippen LogP contribution in [-0.2, 0) is 38.6 Å². The Morgan fingerprint density at radius 2 is 1.96 bits per heavy atom. The Hall–Kier alpha value is -1.80. The van der Waals surface area contributed by atoms with E-state index in [1.165, 1.54) is 24.1 Å². The number of fused-ring (bicyclic) bond motifs is 5. The Balaban J connectivity index is 1.57. The van der Waals surface area contributed by atoms with Gasteiger partial charge in [-0.3, -0.25) is 4.90 Å². The second-order valence-electron chi connectivity index (χ2n) is 7.75. The Bertz CT molecular complexity index is 838. The van der Waals surface area contributed by atoms with Crippen LogP contribution < -0.4 is 4.74 Å². The molecule has 0 bridgehead atoms. The summed E-state index contributed by atoms with van der Waals surface area (Å²) in [6.07, 6.45) is 5.72. The first kappa shape index (κ1) is 15.5. The fourth-order valence-corrected chi connectivity index (χ4v) is 5.22. The molecule has 0 saturated carbocycles. The second-order valence-corrected chi connectivity index (χ2v) is 7.75. The maximum absolute atomic E-state index is 5.86. The van der Waals surface area contributed by atoms with Crippen LogP contribution >= 0.6 is 0 Å². The lowest BCUT2D eigenvalue weighted by molar-refractivity contribution is 0.160. The lowest BCUT2D eigenvalue weighted by Gasteiger charge is -2.42. The normalized spacial score (nSPS) is 21.1. The molecule has 0 saturated heterocycles. The van der Waals surface area contributed by atoms with E-state index in [9.17, 15) is 0 Å². The number of nitrogens with zero attached hydrogens (tertiary/aromatic N) is 1. The monoisotopic (exact) mass is 333 g/mol. The van der Waals surface area contributed by atoms with Gasteiger partial charge in [-0.05, 0) is 70.7 Å². The average molecular weight is 333 g/mol. The molecule has 130 valence electrons. The average Bonchev–Trinajstić information content (AvgIpc) is 3.11. The van der Waals surface area contributed by atoms with Crippen molar-refractivity contribution < 1.29 is 4.74 Å². The third-order valence-corrected chi connectivity index (χ3v) is 6.55. The summed E-state index contributed by atoms with van der Waals surface area (Å²) in [5, 5.41) is 0. The molecule has 0 fully saturated rings. The van der Waals surface area contributed by atoms with Gasteiger partial charge in [0.25, 0.3) is 0 Å². The lowest BCUT2D eigenvalue weighted by atomic mass is 9.80. The molecule has 0 radical (unpaired) electrons. The van der Waals surface area contributed by atoms with E-state index in [2.05, 4.69) is 43.0 Å². The highest BCUT2D eigenvalue weighted by Crippen LogP contribution is 2.42. The van der Waals surface area contributed by atoms with E-state index in [-0.39, 0.29) is 0 Å². The van der Waals surface area contributed by atoms with Crippen molar-refractivity contribution in [2.75, 3.05) is 13.2 Å². The highest BCUT2D eigenvalue weighted by Gasteiger charge is 2.34. The zero-order valence-corrected chi connectivity index (χ0v) is 15.4. The van der Waals surface area contributed by atoms with Gasteiger partial charge in [-0.15, -0.1) is 0 Å². The molecule has 0 aliphatic carbocycles. The van der Waals surface area contributed by atoms with Crippen LogP contribution in [0, 0.1) is 0 Å². The smallest absolute Gasteiger partial charge is 0.122 e. The van der Waals surface area contributed by atoms with Crippen LogP contribution in [0.5, 0.6) is 5.75 Å². The number of rotatable bonds is 2. The Kier molecular flexibility index (Phi) is 3.63. The largest absolute Gasteiger partial charge is 0.493 e. The number of ether oxygens (including phenoxy) is 1. The summed E-state index contributed by atoms with van der Waals surface area (Å²) in [6, 6.07) is 10.1. The molecule has 1 atom stereocenters. The van der Waals surface area contributed by atoms with Crippen LogP contribution in [0.4, 0.5) is 0 Å². The zero-order valence-electron chi connectivity index (χ0n) is 15.4. The summed E-state index contributed by atoms with van der Waals surface area (Å²) in [4.78, 5) is 2.71. The Morgan fingerprint density at radius 1 is 1.04 bits per heavy atom. The van der Waals surface area contributed by atoms with Gasteiger partial charge < -0.3 is 4.74 Å². The third-order valence-electron chi connectivity index (χ3n) is 6.55. The van der Waals surface area contributed by atoms with Crippen LogP contribution in [0.25, 0.3) is 0 Å². The second kappa shape index (κ2) is 5.88. The molecule has 2 heteroatoms. The van der Waals surface area contributed by atoms with Crippen LogP contribution in [0.1, 0.15) is 58.8 Å². The first-order valence-electron chi connectivity index (χ1n) is 9.93. The number of hydrogen-bond acceptors (Lipinski definition) is 2. The van der Waals surface area contributed by atoms with Gasteiger partial charge in [-0.1, -0.05) is 32.0 Å². The molecular formula is C23H27NO. The lowest BCUT2D eigenvalue weighted by Crippen LogP contribution is -2.39. The quantitative estimate of drug-likeness (QED) is 0.807. The van der Waals surface area contributed by atoms with Gasteiger partial charge in [-0.25, -0.2) is 0 Å². The van der Waals surface area contributed by atoms with Gasteiger partial charge in [-0.2, -0.15) is 0 Å². The van der Waals surface area contributed by atoms with E-state index in [1.807, 2.05) is 0 Å². The van der Waals surface area contributed by atoms with Gasteiger partial charge in [0, 0.05) is 25.6 Å². The first-order valence-corrected chi connectivity index (χ1v) is 9.93. The minimum absolute atomic E-state index is 0.530. The van der Waals surface area contributed by atoms with E-state index in [0.717, 1.165) is 44.6 Å². The third kappa shape index (κ3) is 2.34. The van der Waals surface area contributed by atoms with E-state index >= 15 is 0 Å². The highest BCUT2D eigenvalue weighted by molar-refractivity contribution is 5.50. The number of aryl methyl sites for hydroxylation is 1. The summed E-state index contributed by atoms with van der Waals surface area (Å²) in [7, 11) is 0. The molecule has 5 rings (SSSR count). The molecule has 2 aromatic rings. The molecule has 0 spiro atoms. The topological polar surface area (TPSA) is 12.5 Å². The van der Waals surface area contributed by atoms with E-state index in [1.54, 1.807) is 27.8 Å². The molecule has 0 aromatic heterocycles. The van der Waals surface area contributed by atoms with E-state index in [0.29, 0.717) is 6.04 Å². The SMILES string of the molecule is CCc1ccc2c(c1CC)CN1CCc3cc4c(cc3C1C2)OCC4. The van der Waals surface area contributed by atoms with Gasteiger partial charge in [0.15, 0.2) is 0 Å². The molecule has 1 unspecified atom stereocenters. The maximum Gasteiger partial charge on any atom is 0.122 e. The predicted molar refractivity (Wildman–Crippen MR) is 101 cm³/mol. The summed E-state index contributed by atoms with van der Waals surface area (Å²) >= 11 is 0. The fourth-order valence-electron chi connectivity index (χ4n) is 5.22. The van der Waals surface area contributed by atoms with Crippen molar-refractivity contribution >= 4 is 0 Å². The molecule has 25 heavy (non-hydrogen) atoms. The van der Waals surface area contributed by atoms with Crippen molar-refractivity contribution in [3.8, 4) is 5.75 Å². The zero-order chi connectivity index (χ0) is 17.0. The Morgan fingerprint density at radius 3 is 2.80 bits per heavy atom. The summed E-state index contributed by atoms with van der Waals surface area (Å²) in [5.74, 6) is 1.14. The van der Waals surface area contributed by atoms with Crippen molar-refractivity contribution in [1.82, 2.24) is 4.90 Å². The van der Waals surface area contributed by atoms with Gasteiger partial charge in [0.05, 0.1) is 6.61 Å². The van der Waals surface area contributed by atoms with Crippen molar-refractivity contribution in [2.24, 2.45) is 0 Å². The molecule has 3 aliphatic rings. The standard InChI is InChI=1S/C23H27NO/c1-3-15-5-6-16-12-22-20-13-23-18(8-10-25-23)11-17(20)7-9-24(22)14-21(16)19(15)4-2/h5-6,11,13,22H,3-4,7-10,12,14H2,1-2H3. The fraction of sp³-hybridized carbons (Fsp3) is 0.478. The number of benzene rings is 2. The Labute approximate surface area is 150 Å². The van der Waals surface area contributed by atoms with Crippen LogP contribution in [0.3, 0.4) is 0 Å². The first-order chi connectivity index (χ1) is 12.3. The van der Waals surface area contributed by atoms with Crippen molar-refractivity contribution in [3.05, 3.63) is 63.2 Å². The van der Waals surface area contributed by atoms with Gasteiger partial charge >= 0.3 is 0 Å². The molecule has 0 N–H and O–H groups in total. The molecule has 2 aromatic carbocycles.